The van der Waals surface area contributed by atoms with E-state index < -0.39 is 0 Å². The van der Waals surface area contributed by atoms with Crippen molar-refractivity contribution in [1.29, 1.82) is 0 Å². The van der Waals surface area contributed by atoms with E-state index >= 15 is 0 Å². The van der Waals surface area contributed by atoms with Crippen molar-refractivity contribution >= 4 is 7.12 Å². The summed E-state index contributed by atoms with van der Waals surface area (Å²) in [6.07, 6.45) is 3.04. The summed E-state index contributed by atoms with van der Waals surface area (Å²) < 4.78 is 11.7. The zero-order valence-corrected chi connectivity index (χ0v) is 10.9. The first-order valence-corrected chi connectivity index (χ1v) is 6.77. The predicted molar refractivity (Wildman–Crippen MR) is 65.2 cm³/mol. The highest BCUT2D eigenvalue weighted by molar-refractivity contribution is 6.47. The molecule has 90 valence electrons. The molecule has 0 aromatic heterocycles. The van der Waals surface area contributed by atoms with Crippen LogP contribution in [0.3, 0.4) is 0 Å². The van der Waals surface area contributed by atoms with Crippen LogP contribution in [0.2, 0.25) is 5.82 Å². The average molecular weight is 222 g/mol. The molecule has 0 aromatic carbocycles. The molecule has 0 amide bonds. The molecule has 0 unspecified atom stereocenters. The monoisotopic (exact) mass is 222 g/mol. The van der Waals surface area contributed by atoms with Crippen LogP contribution in [-0.4, -0.2) is 19.8 Å². The lowest BCUT2D eigenvalue weighted by Gasteiger charge is -2.62. The van der Waals surface area contributed by atoms with Gasteiger partial charge < -0.3 is 9.31 Å². The third-order valence-corrected chi connectivity index (χ3v) is 5.62. The van der Waals surface area contributed by atoms with Crippen LogP contribution in [0.5, 0.6) is 0 Å². The minimum atomic E-state index is 0.0893. The Morgan fingerprint density at radius 3 is 2.44 bits per heavy atom. The minimum Gasteiger partial charge on any atom is -0.408 e. The molecule has 4 rings (SSSR count). The maximum absolute atomic E-state index is 5.89. The third kappa shape index (κ3) is 1.40. The quantitative estimate of drug-likeness (QED) is 0.635. The van der Waals surface area contributed by atoms with E-state index in [0.717, 1.165) is 24.4 Å². The van der Waals surface area contributed by atoms with Gasteiger partial charge >= 0.3 is 7.12 Å². The Kier molecular flexibility index (Phi) is 2.42. The lowest BCUT2D eigenvalue weighted by atomic mass is 9.39. The summed E-state index contributed by atoms with van der Waals surface area (Å²) in [5.74, 6) is 3.19. The Balaban J connectivity index is 1.71. The Labute approximate surface area is 99.2 Å². The van der Waals surface area contributed by atoms with Gasteiger partial charge in [0.15, 0.2) is 0 Å². The topological polar surface area (TPSA) is 18.5 Å². The highest BCUT2D eigenvalue weighted by Gasteiger charge is 2.59. The molecule has 2 nitrogen and oxygen atoms in total. The summed E-state index contributed by atoms with van der Waals surface area (Å²) in [6.45, 7) is 10.2. The molecule has 0 radical (unpaired) electrons. The summed E-state index contributed by atoms with van der Waals surface area (Å²) in [5.41, 5.74) is 0.570. The zero-order valence-electron chi connectivity index (χ0n) is 10.9. The second-order valence-electron chi connectivity index (χ2n) is 6.77. The average Bonchev–Trinajstić information content (AvgIpc) is 2.64. The molecule has 2 bridgehead atoms. The van der Waals surface area contributed by atoms with Crippen molar-refractivity contribution in [2.75, 3.05) is 6.61 Å². The van der Waals surface area contributed by atoms with Crippen molar-refractivity contribution < 1.29 is 9.31 Å². The van der Waals surface area contributed by atoms with Gasteiger partial charge in [-0.15, -0.1) is 0 Å². The molecular formula is C13H23BO2. The third-order valence-electron chi connectivity index (χ3n) is 5.62. The SMILES string of the molecule is C[C@@H]1[C@H](B2OC[C@H](C)O2)C[C@@H]2C[C@@H]1C2(C)C. The predicted octanol–water partition coefficient (Wildman–Crippen LogP) is 2.98. The van der Waals surface area contributed by atoms with E-state index in [1.807, 2.05) is 0 Å². The molecule has 3 heteroatoms. The number of hydrogen-bond donors (Lipinski definition) is 0. The molecule has 0 N–H and O–H groups in total. The molecule has 1 heterocycles. The van der Waals surface area contributed by atoms with Crippen LogP contribution in [0, 0.1) is 23.2 Å². The van der Waals surface area contributed by atoms with Gasteiger partial charge in [0.05, 0.1) is 12.7 Å². The van der Waals surface area contributed by atoms with Gasteiger partial charge in [-0.05, 0) is 48.8 Å². The molecule has 0 spiro atoms. The first kappa shape index (κ1) is 11.1. The van der Waals surface area contributed by atoms with E-state index in [2.05, 4.69) is 27.7 Å². The smallest absolute Gasteiger partial charge is 0.408 e. The first-order chi connectivity index (χ1) is 7.50. The van der Waals surface area contributed by atoms with Gasteiger partial charge in [-0.25, -0.2) is 0 Å². The van der Waals surface area contributed by atoms with Crippen molar-refractivity contribution in [2.24, 2.45) is 23.2 Å². The van der Waals surface area contributed by atoms with Gasteiger partial charge in [0.1, 0.15) is 0 Å². The summed E-state index contributed by atoms with van der Waals surface area (Å²) in [6, 6.07) is 0. The fourth-order valence-electron chi connectivity index (χ4n) is 4.31. The first-order valence-electron chi connectivity index (χ1n) is 6.77. The molecule has 16 heavy (non-hydrogen) atoms. The maximum atomic E-state index is 5.89. The Hall–Kier alpha value is -0.0151. The van der Waals surface area contributed by atoms with Crippen LogP contribution >= 0.6 is 0 Å². The van der Waals surface area contributed by atoms with Gasteiger partial charge in [-0.3, -0.25) is 0 Å². The standard InChI is InChI=1S/C13H23BO2/c1-8-7-15-14(16-8)12-6-10-5-11(9(12)2)13(10,3)4/h8-12H,5-7H2,1-4H3/t8-,9-,10-,11-,12+/m0/s1. The minimum absolute atomic E-state index is 0.0893. The van der Waals surface area contributed by atoms with E-state index in [9.17, 15) is 0 Å². The highest BCUT2D eigenvalue weighted by Crippen LogP contribution is 2.65. The van der Waals surface area contributed by atoms with Gasteiger partial charge in [0.2, 0.25) is 0 Å². The van der Waals surface area contributed by atoms with Crippen LogP contribution in [0.1, 0.15) is 40.5 Å². The van der Waals surface area contributed by atoms with Crippen LogP contribution in [-0.2, 0) is 9.31 Å². The van der Waals surface area contributed by atoms with Crippen LogP contribution in [0.15, 0.2) is 0 Å². The van der Waals surface area contributed by atoms with Gasteiger partial charge in [-0.1, -0.05) is 20.8 Å². The largest absolute Gasteiger partial charge is 0.460 e. The molecular weight excluding hydrogens is 199 g/mol. The summed E-state index contributed by atoms with van der Waals surface area (Å²) in [5, 5.41) is 0. The fraction of sp³-hybridized carbons (Fsp3) is 1.00. The summed E-state index contributed by atoms with van der Waals surface area (Å²) >= 11 is 0. The van der Waals surface area contributed by atoms with Crippen molar-refractivity contribution in [2.45, 2.75) is 52.5 Å². The number of rotatable bonds is 1. The van der Waals surface area contributed by atoms with Crippen LogP contribution < -0.4 is 0 Å². The molecule has 5 atom stereocenters. The Morgan fingerprint density at radius 2 is 1.94 bits per heavy atom. The van der Waals surface area contributed by atoms with Crippen molar-refractivity contribution in [1.82, 2.24) is 0 Å². The van der Waals surface area contributed by atoms with Crippen molar-refractivity contribution in [3.63, 3.8) is 0 Å². The summed E-state index contributed by atoms with van der Waals surface area (Å²) in [4.78, 5) is 0. The van der Waals surface area contributed by atoms with Gasteiger partial charge in [0, 0.05) is 0 Å². The zero-order chi connectivity index (χ0) is 11.5. The second-order valence-corrected chi connectivity index (χ2v) is 6.77. The second kappa shape index (κ2) is 3.49. The van der Waals surface area contributed by atoms with Crippen LogP contribution in [0.4, 0.5) is 0 Å². The summed E-state index contributed by atoms with van der Waals surface area (Å²) in [7, 11) is 0.0893. The molecule has 4 fully saturated rings. The lowest BCUT2D eigenvalue weighted by Crippen LogP contribution is -2.56. The molecule has 1 saturated heterocycles. The molecule has 3 saturated carbocycles. The Morgan fingerprint density at radius 1 is 1.19 bits per heavy atom. The van der Waals surface area contributed by atoms with Gasteiger partial charge in [-0.2, -0.15) is 0 Å². The van der Waals surface area contributed by atoms with E-state index in [1.165, 1.54) is 12.8 Å². The maximum Gasteiger partial charge on any atom is 0.460 e. The van der Waals surface area contributed by atoms with Crippen LogP contribution in [0.25, 0.3) is 0 Å². The highest BCUT2D eigenvalue weighted by atomic mass is 16.6. The molecule has 0 aromatic rings. The fourth-order valence-corrected chi connectivity index (χ4v) is 4.31. The molecule has 4 aliphatic rings. The van der Waals surface area contributed by atoms with E-state index in [1.54, 1.807) is 0 Å². The van der Waals surface area contributed by atoms with Crippen molar-refractivity contribution in [3.8, 4) is 0 Å². The van der Waals surface area contributed by atoms with Gasteiger partial charge in [0.25, 0.3) is 0 Å². The van der Waals surface area contributed by atoms with Crippen molar-refractivity contribution in [3.05, 3.63) is 0 Å². The molecule has 1 aliphatic heterocycles. The lowest BCUT2D eigenvalue weighted by molar-refractivity contribution is -0.103. The van der Waals surface area contributed by atoms with E-state index in [4.69, 9.17) is 9.31 Å². The number of fused-ring (bicyclic) bond motifs is 2. The normalized spacial score (nSPS) is 50.2. The Bertz CT molecular complexity index is 292. The van der Waals surface area contributed by atoms with E-state index in [0.29, 0.717) is 17.3 Å². The number of hydrogen-bond acceptors (Lipinski definition) is 2. The molecule has 3 aliphatic carbocycles. The van der Waals surface area contributed by atoms with E-state index in [-0.39, 0.29) is 7.12 Å².